The van der Waals surface area contributed by atoms with Gasteiger partial charge in [0.2, 0.25) is 5.91 Å². The van der Waals surface area contributed by atoms with E-state index in [2.05, 4.69) is 43.5 Å². The molecule has 1 aliphatic rings. The molecule has 0 spiro atoms. The molecule has 0 saturated carbocycles. The van der Waals surface area contributed by atoms with Gasteiger partial charge in [0.25, 0.3) is 0 Å². The first-order valence-electron chi connectivity index (χ1n) is 35.2. The number of aliphatic hydroxyl groups is 5. The maximum Gasteiger partial charge on any atom is 0.220 e. The third-order valence-corrected chi connectivity index (χ3v) is 16.9. The highest BCUT2D eigenvalue weighted by Crippen LogP contribution is 2.23. The second-order valence-electron chi connectivity index (χ2n) is 24.7. The summed E-state index contributed by atoms with van der Waals surface area (Å²) in [5, 5.41) is 54.7. The van der Waals surface area contributed by atoms with Gasteiger partial charge in [-0.1, -0.05) is 339 Å². The lowest BCUT2D eigenvalue weighted by molar-refractivity contribution is -0.302. The maximum absolute atomic E-state index is 13.1. The van der Waals surface area contributed by atoms with Crippen molar-refractivity contribution in [2.45, 2.75) is 397 Å². The minimum absolute atomic E-state index is 0.184. The van der Waals surface area contributed by atoms with Gasteiger partial charge in [0.15, 0.2) is 6.29 Å². The van der Waals surface area contributed by atoms with E-state index in [1.54, 1.807) is 6.08 Å². The number of carbonyl (C=O) groups is 1. The molecule has 9 nitrogen and oxygen atoms in total. The zero-order valence-electron chi connectivity index (χ0n) is 52.9. The van der Waals surface area contributed by atoms with Gasteiger partial charge in [-0.05, 0) is 44.9 Å². The Morgan fingerprint density at radius 1 is 0.412 bits per heavy atom. The van der Waals surface area contributed by atoms with Crippen molar-refractivity contribution in [3.05, 3.63) is 36.5 Å². The lowest BCUT2D eigenvalue weighted by atomic mass is 9.99. The molecule has 1 amide bonds. The lowest BCUT2D eigenvalue weighted by Gasteiger charge is -2.40. The normalized spacial score (nSPS) is 18.6. The van der Waals surface area contributed by atoms with Gasteiger partial charge in [0.1, 0.15) is 24.4 Å². The standard InChI is InChI=1S/C71H135NO8/c1-3-5-7-9-11-13-15-17-19-21-23-25-27-29-30-31-32-33-34-35-36-37-38-40-42-44-46-48-50-52-54-56-58-60-65(74)64(63-79-71-70(78)69(77)68(76)66(62-73)80-71)72-67(75)61-59-57-55-53-51-49-47-45-43-41-39-28-26-24-22-20-18-16-14-12-10-8-6-4-2/h42,44,50,52,58,60,64-66,68-71,73-74,76-78H,3-41,43,45-49,51,53-57,59,61-63H2,1-2H3,(H,72,75)/b44-42+,52-50+,60-58+. The largest absolute Gasteiger partial charge is 0.394 e. The Labute approximate surface area is 495 Å². The van der Waals surface area contributed by atoms with Gasteiger partial charge in [-0.25, -0.2) is 0 Å². The molecule has 0 aromatic heterocycles. The molecule has 0 bridgehead atoms. The van der Waals surface area contributed by atoms with E-state index >= 15 is 0 Å². The van der Waals surface area contributed by atoms with Crippen LogP contribution in [0.2, 0.25) is 0 Å². The Hall–Kier alpha value is -1.59. The molecule has 1 saturated heterocycles. The third-order valence-electron chi connectivity index (χ3n) is 16.9. The smallest absolute Gasteiger partial charge is 0.220 e. The number of ether oxygens (including phenoxy) is 2. The number of unbranched alkanes of at least 4 members (excludes halogenated alkanes) is 48. The van der Waals surface area contributed by atoms with E-state index in [1.807, 2.05) is 6.08 Å². The van der Waals surface area contributed by atoms with Gasteiger partial charge in [-0.2, -0.15) is 0 Å². The van der Waals surface area contributed by atoms with Crippen molar-refractivity contribution in [2.75, 3.05) is 13.2 Å². The second-order valence-corrected chi connectivity index (χ2v) is 24.7. The molecule has 0 aromatic carbocycles. The van der Waals surface area contributed by atoms with Gasteiger partial charge >= 0.3 is 0 Å². The highest BCUT2D eigenvalue weighted by molar-refractivity contribution is 5.76. The molecule has 7 atom stereocenters. The van der Waals surface area contributed by atoms with Gasteiger partial charge < -0.3 is 40.3 Å². The Kier molecular flexibility index (Phi) is 57.8. The van der Waals surface area contributed by atoms with Crippen molar-refractivity contribution in [1.82, 2.24) is 5.32 Å². The van der Waals surface area contributed by atoms with Gasteiger partial charge in [-0.3, -0.25) is 4.79 Å². The highest BCUT2D eigenvalue weighted by Gasteiger charge is 2.44. The average Bonchev–Trinajstić information content (AvgIpc) is 3.46. The molecule has 1 fully saturated rings. The fourth-order valence-corrected chi connectivity index (χ4v) is 11.4. The number of hydrogen-bond acceptors (Lipinski definition) is 8. The predicted molar refractivity (Wildman–Crippen MR) is 341 cm³/mol. The summed E-state index contributed by atoms with van der Waals surface area (Å²) in [6.45, 7) is 3.81. The number of hydrogen-bond donors (Lipinski definition) is 6. The maximum atomic E-state index is 13.1. The molecule has 80 heavy (non-hydrogen) atoms. The van der Waals surface area contributed by atoms with Crippen molar-refractivity contribution in [1.29, 1.82) is 0 Å². The van der Waals surface area contributed by atoms with Crippen LogP contribution in [0.4, 0.5) is 0 Å². The topological polar surface area (TPSA) is 149 Å². The predicted octanol–water partition coefficient (Wildman–Crippen LogP) is 19.0. The molecule has 9 heteroatoms. The van der Waals surface area contributed by atoms with Crippen LogP contribution in [0.15, 0.2) is 36.5 Å². The van der Waals surface area contributed by atoms with E-state index in [0.29, 0.717) is 6.42 Å². The summed E-state index contributed by atoms with van der Waals surface area (Å²) < 4.78 is 11.3. The van der Waals surface area contributed by atoms with Crippen molar-refractivity contribution in [3.63, 3.8) is 0 Å². The first-order valence-corrected chi connectivity index (χ1v) is 35.2. The van der Waals surface area contributed by atoms with E-state index in [4.69, 9.17) is 9.47 Å². The van der Waals surface area contributed by atoms with E-state index in [-0.39, 0.29) is 12.5 Å². The highest BCUT2D eigenvalue weighted by atomic mass is 16.7. The van der Waals surface area contributed by atoms with Crippen molar-refractivity contribution in [2.24, 2.45) is 0 Å². The summed E-state index contributed by atoms with van der Waals surface area (Å²) in [5.74, 6) is -0.184. The van der Waals surface area contributed by atoms with Crippen LogP contribution in [0.3, 0.4) is 0 Å². The molecular weight excluding hydrogens is 995 g/mol. The minimum atomic E-state index is -1.57. The number of carbonyl (C=O) groups excluding carboxylic acids is 1. The van der Waals surface area contributed by atoms with Crippen LogP contribution in [0, 0.1) is 0 Å². The number of amides is 1. The Balaban J connectivity index is 2.15. The Morgan fingerprint density at radius 3 is 1.05 bits per heavy atom. The summed E-state index contributed by atoms with van der Waals surface area (Å²) in [7, 11) is 0. The fraction of sp³-hybridized carbons (Fsp3) is 0.901. The first-order chi connectivity index (χ1) is 39.3. The third kappa shape index (κ3) is 48.7. The van der Waals surface area contributed by atoms with Crippen LogP contribution in [0.25, 0.3) is 0 Å². The van der Waals surface area contributed by atoms with Gasteiger partial charge in [0, 0.05) is 6.42 Å². The molecule has 1 heterocycles. The van der Waals surface area contributed by atoms with E-state index in [1.165, 1.54) is 289 Å². The van der Waals surface area contributed by atoms with Crippen LogP contribution >= 0.6 is 0 Å². The molecule has 0 aromatic rings. The molecule has 1 aliphatic heterocycles. The quantitative estimate of drug-likeness (QED) is 0.0261. The number of allylic oxidation sites excluding steroid dienone is 5. The van der Waals surface area contributed by atoms with Crippen molar-refractivity contribution in [3.8, 4) is 0 Å². The molecular formula is C71H135NO8. The summed E-state index contributed by atoms with van der Waals surface area (Å²) in [5.41, 5.74) is 0. The second kappa shape index (κ2) is 60.5. The zero-order valence-corrected chi connectivity index (χ0v) is 52.9. The number of aliphatic hydroxyl groups excluding tert-OH is 5. The number of rotatable bonds is 62. The average molecular weight is 1130 g/mol. The molecule has 6 N–H and O–H groups in total. The van der Waals surface area contributed by atoms with Gasteiger partial charge in [-0.15, -0.1) is 0 Å². The van der Waals surface area contributed by atoms with Crippen LogP contribution in [-0.2, 0) is 14.3 Å². The first kappa shape index (κ1) is 76.4. The Morgan fingerprint density at radius 2 is 0.713 bits per heavy atom. The summed E-state index contributed by atoms with van der Waals surface area (Å²) in [4.78, 5) is 13.1. The summed E-state index contributed by atoms with van der Waals surface area (Å²) in [6.07, 6.45) is 74.1. The molecule has 1 rings (SSSR count). The minimum Gasteiger partial charge on any atom is -0.394 e. The molecule has 472 valence electrons. The van der Waals surface area contributed by atoms with Crippen molar-refractivity contribution < 1.29 is 39.8 Å². The zero-order chi connectivity index (χ0) is 57.9. The number of nitrogens with one attached hydrogen (secondary N) is 1. The fourth-order valence-electron chi connectivity index (χ4n) is 11.4. The van der Waals surface area contributed by atoms with Gasteiger partial charge in [0.05, 0.1) is 25.4 Å². The van der Waals surface area contributed by atoms with Crippen LogP contribution in [0.1, 0.15) is 354 Å². The van der Waals surface area contributed by atoms with Crippen LogP contribution in [-0.4, -0.2) is 87.5 Å². The van der Waals surface area contributed by atoms with E-state index in [0.717, 1.165) is 44.9 Å². The SMILES string of the molecule is CCCCCCCCCCCCCCCCCCCCCCCCC/C=C/CC/C=C/CC/C=C/C(O)C(COC1OC(CO)C(O)C(O)C1O)NC(=O)CCCCCCCCCCCCCCCCCCCCCCCCCC. The van der Waals surface area contributed by atoms with Crippen LogP contribution in [0.5, 0.6) is 0 Å². The lowest BCUT2D eigenvalue weighted by Crippen LogP contribution is -2.60. The van der Waals surface area contributed by atoms with Crippen LogP contribution < -0.4 is 5.32 Å². The molecule has 0 aliphatic carbocycles. The van der Waals surface area contributed by atoms with E-state index < -0.39 is 49.5 Å². The molecule has 0 radical (unpaired) electrons. The summed E-state index contributed by atoms with van der Waals surface area (Å²) >= 11 is 0. The molecule has 7 unspecified atom stereocenters. The van der Waals surface area contributed by atoms with E-state index in [9.17, 15) is 30.3 Å². The monoisotopic (exact) mass is 1130 g/mol. The Bertz CT molecular complexity index is 1360. The summed E-state index contributed by atoms with van der Waals surface area (Å²) in [6, 6.07) is -0.828. The van der Waals surface area contributed by atoms with Crippen molar-refractivity contribution >= 4 is 5.91 Å².